The van der Waals surface area contributed by atoms with Crippen molar-refractivity contribution in [2.24, 2.45) is 0 Å². The molecular weight excluding hydrogens is 334 g/mol. The summed E-state index contributed by atoms with van der Waals surface area (Å²) in [4.78, 5) is 23.8. The minimum atomic E-state index is -0.536. The molecule has 98 valence electrons. The van der Waals surface area contributed by atoms with Gasteiger partial charge in [-0.3, -0.25) is 4.98 Å². The van der Waals surface area contributed by atoms with Crippen LogP contribution in [0.5, 0.6) is 0 Å². The first-order valence-corrected chi connectivity index (χ1v) is 6.59. The second-order valence-electron chi connectivity index (χ2n) is 3.51. The van der Waals surface area contributed by atoms with Crippen molar-refractivity contribution in [1.29, 1.82) is 0 Å². The van der Waals surface area contributed by atoms with Crippen LogP contribution in [-0.4, -0.2) is 27.5 Å². The molecular formula is C12H9BrClN3O2. The van der Waals surface area contributed by atoms with Gasteiger partial charge in [0, 0.05) is 28.6 Å². The molecule has 2 aromatic rings. The van der Waals surface area contributed by atoms with Crippen LogP contribution in [0, 0.1) is 0 Å². The average Bonchev–Trinajstić information content (AvgIpc) is 2.38. The number of aromatic nitrogens is 3. The molecule has 0 saturated carbocycles. The predicted octanol–water partition coefficient (Wildman–Crippen LogP) is 3.13. The Hall–Kier alpha value is -1.53. The smallest absolute Gasteiger partial charge is 0.342 e. The number of hydrogen-bond acceptors (Lipinski definition) is 5. The second-order valence-corrected chi connectivity index (χ2v) is 4.78. The number of carbonyl (C=O) groups is 1. The van der Waals surface area contributed by atoms with Crippen LogP contribution >= 0.6 is 27.5 Å². The lowest BCUT2D eigenvalue weighted by molar-refractivity contribution is 0.0525. The minimum absolute atomic E-state index is 0.0587. The fourth-order valence-corrected chi connectivity index (χ4v) is 1.95. The fourth-order valence-electron chi connectivity index (χ4n) is 1.38. The summed E-state index contributed by atoms with van der Waals surface area (Å²) in [6.45, 7) is 1.99. The first-order chi connectivity index (χ1) is 9.11. The number of rotatable bonds is 3. The summed E-state index contributed by atoms with van der Waals surface area (Å²) >= 11 is 9.28. The Morgan fingerprint density at radius 2 is 2.21 bits per heavy atom. The summed E-state index contributed by atoms with van der Waals surface area (Å²) in [5.41, 5.74) is 0.849. The molecule has 0 aliphatic carbocycles. The number of hydrogen-bond donors (Lipinski definition) is 0. The van der Waals surface area contributed by atoms with E-state index >= 15 is 0 Å². The predicted molar refractivity (Wildman–Crippen MR) is 73.9 cm³/mol. The standard InChI is InChI=1S/C12H9BrClN3O2/c1-2-19-12(18)9-6-16-11(17-10(9)14)7-3-8(13)5-15-4-7/h3-6H,2H2,1H3. The summed E-state index contributed by atoms with van der Waals surface area (Å²) in [6, 6.07) is 1.81. The molecule has 0 saturated heterocycles. The Balaban J connectivity index is 2.36. The van der Waals surface area contributed by atoms with Crippen LogP contribution in [0.2, 0.25) is 5.15 Å². The lowest BCUT2D eigenvalue weighted by Gasteiger charge is -2.05. The molecule has 0 spiro atoms. The van der Waals surface area contributed by atoms with Gasteiger partial charge in [0.15, 0.2) is 5.82 Å². The van der Waals surface area contributed by atoms with Gasteiger partial charge in [-0.25, -0.2) is 14.8 Å². The highest BCUT2D eigenvalue weighted by Gasteiger charge is 2.15. The maximum Gasteiger partial charge on any atom is 0.342 e. The summed E-state index contributed by atoms with van der Waals surface area (Å²) in [6.07, 6.45) is 4.61. The Labute approximate surface area is 123 Å². The van der Waals surface area contributed by atoms with E-state index in [9.17, 15) is 4.79 Å². The molecule has 0 aliphatic heterocycles. The number of pyridine rings is 1. The highest BCUT2D eigenvalue weighted by Crippen LogP contribution is 2.21. The zero-order valence-corrected chi connectivity index (χ0v) is 12.3. The molecule has 19 heavy (non-hydrogen) atoms. The molecule has 0 bridgehead atoms. The number of nitrogens with zero attached hydrogens (tertiary/aromatic N) is 3. The van der Waals surface area contributed by atoms with Gasteiger partial charge in [-0.1, -0.05) is 11.6 Å². The maximum atomic E-state index is 11.6. The molecule has 0 aromatic carbocycles. The van der Waals surface area contributed by atoms with Gasteiger partial charge < -0.3 is 4.74 Å². The van der Waals surface area contributed by atoms with E-state index in [-0.39, 0.29) is 17.3 Å². The quantitative estimate of drug-likeness (QED) is 0.633. The van der Waals surface area contributed by atoms with Gasteiger partial charge in [0.2, 0.25) is 0 Å². The van der Waals surface area contributed by atoms with Crippen LogP contribution in [0.4, 0.5) is 0 Å². The largest absolute Gasteiger partial charge is 0.462 e. The van der Waals surface area contributed by atoms with E-state index in [0.29, 0.717) is 11.4 Å². The normalized spacial score (nSPS) is 10.3. The monoisotopic (exact) mass is 341 g/mol. The third kappa shape index (κ3) is 3.27. The van der Waals surface area contributed by atoms with Gasteiger partial charge in [-0.2, -0.15) is 0 Å². The molecule has 0 atom stereocenters. The molecule has 0 radical (unpaired) electrons. The van der Waals surface area contributed by atoms with Crippen molar-refractivity contribution in [3.05, 3.63) is 39.8 Å². The molecule has 2 heterocycles. The van der Waals surface area contributed by atoms with Gasteiger partial charge in [-0.05, 0) is 28.9 Å². The molecule has 2 aromatic heterocycles. The molecule has 0 N–H and O–H groups in total. The Morgan fingerprint density at radius 1 is 1.42 bits per heavy atom. The Kier molecular flexibility index (Phi) is 4.44. The van der Waals surface area contributed by atoms with E-state index in [2.05, 4.69) is 30.9 Å². The van der Waals surface area contributed by atoms with E-state index < -0.39 is 5.97 Å². The molecule has 0 unspecified atom stereocenters. The van der Waals surface area contributed by atoms with E-state index in [1.807, 2.05) is 6.07 Å². The molecule has 0 fully saturated rings. The first kappa shape index (κ1) is 13.9. The van der Waals surface area contributed by atoms with Gasteiger partial charge in [-0.15, -0.1) is 0 Å². The SMILES string of the molecule is CCOC(=O)c1cnc(-c2cncc(Br)c2)nc1Cl. The van der Waals surface area contributed by atoms with Crippen molar-refractivity contribution in [3.8, 4) is 11.4 Å². The highest BCUT2D eigenvalue weighted by molar-refractivity contribution is 9.10. The van der Waals surface area contributed by atoms with Crippen LogP contribution in [-0.2, 0) is 4.74 Å². The van der Waals surface area contributed by atoms with E-state index in [1.54, 1.807) is 19.3 Å². The molecule has 5 nitrogen and oxygen atoms in total. The van der Waals surface area contributed by atoms with Crippen LogP contribution in [0.1, 0.15) is 17.3 Å². The van der Waals surface area contributed by atoms with E-state index in [4.69, 9.17) is 16.3 Å². The number of carbonyl (C=O) groups excluding carboxylic acids is 1. The number of ether oxygens (including phenoxy) is 1. The van der Waals surface area contributed by atoms with Crippen molar-refractivity contribution in [3.63, 3.8) is 0 Å². The first-order valence-electron chi connectivity index (χ1n) is 5.42. The topological polar surface area (TPSA) is 65.0 Å². The Bertz CT molecular complexity index is 622. The van der Waals surface area contributed by atoms with Crippen molar-refractivity contribution in [1.82, 2.24) is 15.0 Å². The minimum Gasteiger partial charge on any atom is -0.462 e. The third-order valence-corrected chi connectivity index (χ3v) is 2.92. The van der Waals surface area contributed by atoms with Crippen LogP contribution in [0.25, 0.3) is 11.4 Å². The fraction of sp³-hybridized carbons (Fsp3) is 0.167. The van der Waals surface area contributed by atoms with Gasteiger partial charge in [0.25, 0.3) is 0 Å². The van der Waals surface area contributed by atoms with Crippen molar-refractivity contribution in [2.75, 3.05) is 6.61 Å². The average molecular weight is 343 g/mol. The Morgan fingerprint density at radius 3 is 2.84 bits per heavy atom. The van der Waals surface area contributed by atoms with E-state index in [1.165, 1.54) is 6.20 Å². The molecule has 0 aliphatic rings. The van der Waals surface area contributed by atoms with Crippen LogP contribution in [0.15, 0.2) is 29.1 Å². The summed E-state index contributed by atoms with van der Waals surface area (Å²) in [7, 11) is 0. The summed E-state index contributed by atoms with van der Waals surface area (Å²) in [5.74, 6) is -0.140. The van der Waals surface area contributed by atoms with Gasteiger partial charge in [0.05, 0.1) is 6.61 Å². The molecule has 0 amide bonds. The number of halogens is 2. The van der Waals surface area contributed by atoms with Crippen LogP contribution in [0.3, 0.4) is 0 Å². The molecule has 2 rings (SSSR count). The van der Waals surface area contributed by atoms with Gasteiger partial charge >= 0.3 is 5.97 Å². The zero-order chi connectivity index (χ0) is 13.8. The number of esters is 1. The van der Waals surface area contributed by atoms with E-state index in [0.717, 1.165) is 4.47 Å². The van der Waals surface area contributed by atoms with Gasteiger partial charge in [0.1, 0.15) is 10.7 Å². The zero-order valence-electron chi connectivity index (χ0n) is 9.93. The van der Waals surface area contributed by atoms with Crippen molar-refractivity contribution >= 4 is 33.5 Å². The maximum absolute atomic E-state index is 11.6. The highest BCUT2D eigenvalue weighted by atomic mass is 79.9. The van der Waals surface area contributed by atoms with Crippen molar-refractivity contribution < 1.29 is 9.53 Å². The van der Waals surface area contributed by atoms with Crippen LogP contribution < -0.4 is 0 Å². The lowest BCUT2D eigenvalue weighted by atomic mass is 10.2. The summed E-state index contributed by atoms with van der Waals surface area (Å²) in [5, 5.41) is 0.0587. The second kappa shape index (κ2) is 6.08. The summed E-state index contributed by atoms with van der Waals surface area (Å²) < 4.78 is 5.66. The third-order valence-electron chi connectivity index (χ3n) is 2.20. The molecule has 7 heteroatoms. The lowest BCUT2D eigenvalue weighted by Crippen LogP contribution is -2.07. The van der Waals surface area contributed by atoms with Crippen molar-refractivity contribution in [2.45, 2.75) is 6.92 Å².